The Balaban J connectivity index is 0.00000666. The van der Waals surface area contributed by atoms with Crippen LogP contribution in [0, 0.1) is 15.5 Å². The highest BCUT2D eigenvalue weighted by Crippen LogP contribution is 2.44. The third kappa shape index (κ3) is 13.7. The fraction of sp³-hybridized carbons (Fsp3) is 0.460. The third-order valence-corrected chi connectivity index (χ3v) is 16.3. The van der Waals surface area contributed by atoms with Gasteiger partial charge in [0.1, 0.15) is 5.69 Å². The molecule has 13 nitrogen and oxygen atoms in total. The number of halogens is 2. The highest BCUT2D eigenvalue weighted by atomic mass is 35.5. The lowest BCUT2D eigenvalue weighted by molar-refractivity contribution is -0.384. The molecule has 3 N–H and O–H groups in total. The molecule has 0 radical (unpaired) electrons. The number of benzene rings is 4. The van der Waals surface area contributed by atoms with Gasteiger partial charge in [-0.25, -0.2) is 13.1 Å². The summed E-state index contributed by atoms with van der Waals surface area (Å²) in [5.41, 5.74) is 5.44. The molecule has 0 bridgehead atoms. The van der Waals surface area contributed by atoms with Gasteiger partial charge in [-0.05, 0) is 123 Å². The van der Waals surface area contributed by atoms with Crippen LogP contribution in [0.5, 0.6) is 0 Å². The average Bonchev–Trinajstić information content (AvgIpc) is 4.17. The number of anilines is 2. The van der Waals surface area contributed by atoms with Gasteiger partial charge in [0.15, 0.2) is 0 Å². The number of sulfonamides is 1. The summed E-state index contributed by atoms with van der Waals surface area (Å²) >= 11 is 7.96. The number of carbonyl (C=O) groups excluding carboxylic acids is 1. The van der Waals surface area contributed by atoms with Gasteiger partial charge < -0.3 is 25.3 Å². The fourth-order valence-corrected chi connectivity index (χ4v) is 11.8. The van der Waals surface area contributed by atoms with Crippen LogP contribution in [0.4, 0.5) is 17.1 Å². The number of rotatable bonds is 19. The molecule has 0 spiro atoms. The Hall–Kier alpha value is -4.19. The van der Waals surface area contributed by atoms with Crippen molar-refractivity contribution >= 4 is 74.3 Å². The molecular weight excluding hydrogens is 928 g/mol. The van der Waals surface area contributed by atoms with Crippen molar-refractivity contribution < 1.29 is 18.1 Å². The Morgan fingerprint density at radius 3 is 2.33 bits per heavy atom. The van der Waals surface area contributed by atoms with Crippen LogP contribution >= 0.6 is 35.8 Å². The van der Waals surface area contributed by atoms with Crippen LogP contribution in [0.15, 0.2) is 112 Å². The lowest BCUT2D eigenvalue weighted by atomic mass is 9.71. The van der Waals surface area contributed by atoms with Crippen LogP contribution in [0.3, 0.4) is 0 Å². The molecule has 67 heavy (non-hydrogen) atoms. The minimum absolute atomic E-state index is 0. The van der Waals surface area contributed by atoms with Crippen LogP contribution in [0.1, 0.15) is 61.4 Å². The molecule has 2 aliphatic heterocycles. The topological polar surface area (TPSA) is 143 Å². The van der Waals surface area contributed by atoms with E-state index in [9.17, 15) is 23.3 Å². The van der Waals surface area contributed by atoms with Crippen molar-refractivity contribution in [2.75, 3.05) is 95.0 Å². The van der Waals surface area contributed by atoms with Crippen LogP contribution in [0.2, 0.25) is 5.02 Å². The van der Waals surface area contributed by atoms with Gasteiger partial charge in [0.05, 0.1) is 9.82 Å². The third-order valence-electron chi connectivity index (χ3n) is 13.6. The molecule has 2 saturated heterocycles. The number of hydrogen-bond acceptors (Lipinski definition) is 12. The zero-order chi connectivity index (χ0) is 46.3. The Bertz CT molecular complexity index is 2450. The van der Waals surface area contributed by atoms with Crippen molar-refractivity contribution in [2.45, 2.75) is 67.3 Å². The van der Waals surface area contributed by atoms with Gasteiger partial charge in [-0.3, -0.25) is 19.8 Å². The SMILES string of the molecule is CN(CCC(CSc1ccccc1)Nc1ccc(S(=O)(=O)NC(=O)c2ccc(N3CCN(CC4=C(c5ccc(Cl)cc5)CCC(C)(CN5CCNCC5)C4)CC3)cc2)cc1[N+](=O)[O-])C1CC1.Cl. The van der Waals surface area contributed by atoms with E-state index < -0.39 is 20.9 Å². The summed E-state index contributed by atoms with van der Waals surface area (Å²) in [6.07, 6.45) is 6.39. The van der Waals surface area contributed by atoms with Gasteiger partial charge in [-0.1, -0.05) is 54.4 Å². The lowest BCUT2D eigenvalue weighted by Crippen LogP contribution is -2.49. The number of amides is 1. The number of hydrogen-bond donors (Lipinski definition) is 3. The second kappa shape index (κ2) is 22.9. The summed E-state index contributed by atoms with van der Waals surface area (Å²) in [5, 5.41) is 19.9. The quantitative estimate of drug-likeness (QED) is 0.0471. The van der Waals surface area contributed by atoms with Crippen molar-refractivity contribution in [2.24, 2.45) is 5.41 Å². The Kier molecular flexibility index (Phi) is 17.4. The van der Waals surface area contributed by atoms with Crippen molar-refractivity contribution in [3.63, 3.8) is 0 Å². The summed E-state index contributed by atoms with van der Waals surface area (Å²) in [6.45, 7) is 13.0. The summed E-state index contributed by atoms with van der Waals surface area (Å²) < 4.78 is 29.2. The van der Waals surface area contributed by atoms with E-state index in [2.05, 4.69) is 61.1 Å². The van der Waals surface area contributed by atoms with Gasteiger partial charge in [0, 0.05) is 117 Å². The smallest absolute Gasteiger partial charge is 0.293 e. The first-order valence-electron chi connectivity index (χ1n) is 23.3. The van der Waals surface area contributed by atoms with Gasteiger partial charge in [-0.15, -0.1) is 24.2 Å². The number of nitrogens with one attached hydrogen (secondary N) is 3. The van der Waals surface area contributed by atoms with Crippen LogP contribution in [-0.4, -0.2) is 131 Å². The average molecular weight is 992 g/mol. The predicted molar refractivity (Wildman–Crippen MR) is 275 cm³/mol. The van der Waals surface area contributed by atoms with E-state index in [0.29, 0.717) is 11.8 Å². The number of thioether (sulfide) groups is 1. The molecule has 4 aromatic rings. The Labute approximate surface area is 411 Å². The predicted octanol–water partition coefficient (Wildman–Crippen LogP) is 8.52. The maximum Gasteiger partial charge on any atom is 0.293 e. The molecule has 3 fully saturated rings. The first kappa shape index (κ1) is 50.7. The number of piperazine rings is 2. The minimum atomic E-state index is -4.44. The zero-order valence-electron chi connectivity index (χ0n) is 38.5. The maximum absolute atomic E-state index is 13.5. The van der Waals surface area contributed by atoms with E-state index in [0.717, 1.165) is 119 Å². The fourth-order valence-electron chi connectivity index (χ4n) is 9.65. The molecule has 2 aliphatic carbocycles. The van der Waals surface area contributed by atoms with Gasteiger partial charge in [0.2, 0.25) is 0 Å². The number of nitrogens with zero attached hydrogens (tertiary/aromatic N) is 5. The molecule has 0 aromatic heterocycles. The monoisotopic (exact) mass is 990 g/mol. The number of nitro groups is 1. The highest BCUT2D eigenvalue weighted by molar-refractivity contribution is 7.99. The van der Waals surface area contributed by atoms with Crippen LogP contribution in [0.25, 0.3) is 5.57 Å². The summed E-state index contributed by atoms with van der Waals surface area (Å²) in [5.74, 6) is -0.150. The molecule has 4 aromatic carbocycles. The molecular formula is C50H64Cl2N8O5S2. The van der Waals surface area contributed by atoms with E-state index in [1.165, 1.54) is 41.7 Å². The summed E-state index contributed by atoms with van der Waals surface area (Å²) in [4.78, 5) is 35.7. The normalized spacial score (nSPS) is 20.0. The summed E-state index contributed by atoms with van der Waals surface area (Å²) in [6, 6.07) is 29.4. The molecule has 1 amide bonds. The first-order valence-corrected chi connectivity index (χ1v) is 26.1. The van der Waals surface area contributed by atoms with Gasteiger partial charge in [0.25, 0.3) is 21.6 Å². The standard InChI is InChI=1S/C50H63ClN8O5S2.ClH/c1-50(36-57-26-23-52-24-27-57)22-20-46(37-8-12-40(51)13-9-37)39(33-50)34-56-28-30-58(31-29-56)43-14-10-38(11-15-43)49(60)54-66(63,64)45-18-19-47(48(32-45)59(61)62)53-41(21-25-55(2)42-16-17-42)35-65-44-6-4-3-5-7-44;/h3-15,18-19,32,41-42,52-53H,16-17,20-31,33-36H2,1-2H3,(H,54,60);1H. The molecule has 17 heteroatoms. The van der Waals surface area contributed by atoms with Crippen LogP contribution < -0.4 is 20.3 Å². The van der Waals surface area contributed by atoms with Crippen molar-refractivity contribution in [3.05, 3.63) is 129 Å². The Morgan fingerprint density at radius 1 is 0.955 bits per heavy atom. The molecule has 2 heterocycles. The van der Waals surface area contributed by atoms with Crippen molar-refractivity contribution in [3.8, 4) is 0 Å². The van der Waals surface area contributed by atoms with E-state index in [-0.39, 0.29) is 45.7 Å². The molecule has 360 valence electrons. The molecule has 4 aliphatic rings. The highest BCUT2D eigenvalue weighted by Gasteiger charge is 2.35. The zero-order valence-corrected chi connectivity index (χ0v) is 41.7. The molecule has 2 unspecified atom stereocenters. The Morgan fingerprint density at radius 2 is 1.66 bits per heavy atom. The van der Waals surface area contributed by atoms with Crippen molar-refractivity contribution in [1.82, 2.24) is 24.7 Å². The van der Waals surface area contributed by atoms with E-state index >= 15 is 0 Å². The van der Waals surface area contributed by atoms with Crippen molar-refractivity contribution in [1.29, 1.82) is 0 Å². The number of allylic oxidation sites excluding steroid dienone is 1. The molecule has 8 rings (SSSR count). The number of nitro benzene ring substituents is 1. The molecule has 2 atom stereocenters. The van der Waals surface area contributed by atoms with Crippen LogP contribution in [-0.2, 0) is 10.0 Å². The maximum atomic E-state index is 13.5. The van der Waals surface area contributed by atoms with Gasteiger partial charge in [-0.2, -0.15) is 0 Å². The van der Waals surface area contributed by atoms with Gasteiger partial charge >= 0.3 is 0 Å². The second-order valence-corrected chi connectivity index (χ2v) is 22.0. The van der Waals surface area contributed by atoms with E-state index in [4.69, 9.17) is 11.6 Å². The first-order chi connectivity index (χ1) is 31.8. The largest absolute Gasteiger partial charge is 0.376 e. The van der Waals surface area contributed by atoms with E-state index in [1.54, 1.807) is 23.9 Å². The summed E-state index contributed by atoms with van der Waals surface area (Å²) in [7, 11) is -2.34. The second-order valence-electron chi connectivity index (χ2n) is 18.7. The molecule has 1 saturated carbocycles. The number of carbonyl (C=O) groups is 1. The minimum Gasteiger partial charge on any atom is -0.376 e. The lowest BCUT2D eigenvalue weighted by Gasteiger charge is -2.43. The van der Waals surface area contributed by atoms with E-state index in [1.807, 2.05) is 54.6 Å².